The average Bonchev–Trinajstić information content (AvgIpc) is 4.03. The predicted molar refractivity (Wildman–Crippen MR) is 246 cm³/mol. The molecule has 1 aliphatic rings. The third kappa shape index (κ3) is 12.1. The van der Waals surface area contributed by atoms with E-state index in [0.717, 1.165) is 42.2 Å². The first kappa shape index (κ1) is 46.8. The van der Waals surface area contributed by atoms with Crippen LogP contribution in [0.15, 0.2) is 96.5 Å². The molecule has 340 valence electrons. The maximum atomic E-state index is 13.8. The zero-order chi connectivity index (χ0) is 45.9. The Bertz CT molecular complexity index is 2580. The molecule has 0 spiro atoms. The number of ether oxygens (including phenoxy) is 4. The second-order valence-corrected chi connectivity index (χ2v) is 17.3. The zero-order valence-corrected chi connectivity index (χ0v) is 37.5. The van der Waals surface area contributed by atoms with E-state index < -0.39 is 30.0 Å². The van der Waals surface area contributed by atoms with Crippen LogP contribution in [0.5, 0.6) is 17.2 Å². The Labute approximate surface area is 383 Å². The van der Waals surface area contributed by atoms with E-state index >= 15 is 0 Å². The van der Waals surface area contributed by atoms with Gasteiger partial charge in [0.1, 0.15) is 42.5 Å². The highest BCUT2D eigenvalue weighted by Crippen LogP contribution is 2.41. The van der Waals surface area contributed by atoms with Crippen LogP contribution in [0.3, 0.4) is 0 Å². The Kier molecular flexibility index (Phi) is 15.9. The van der Waals surface area contributed by atoms with Gasteiger partial charge in [-0.15, -0.1) is 22.7 Å². The summed E-state index contributed by atoms with van der Waals surface area (Å²) >= 11 is 2.96. The van der Waals surface area contributed by atoms with Gasteiger partial charge in [-0.3, -0.25) is 19.2 Å². The Hall–Kier alpha value is -6.21. The van der Waals surface area contributed by atoms with Gasteiger partial charge in [0, 0.05) is 45.6 Å². The molecule has 0 saturated carbocycles. The number of aromatic hydroxyl groups is 2. The minimum absolute atomic E-state index is 0.0171. The highest BCUT2D eigenvalue weighted by Gasteiger charge is 2.40. The van der Waals surface area contributed by atoms with Crippen LogP contribution in [0.4, 0.5) is 0 Å². The first-order valence-electron chi connectivity index (χ1n) is 21.1. The lowest BCUT2D eigenvalue weighted by Crippen LogP contribution is -2.53. The Morgan fingerprint density at radius 1 is 0.815 bits per heavy atom. The molecule has 3 amide bonds. The number of fused-ring (bicyclic) bond motifs is 1. The van der Waals surface area contributed by atoms with E-state index in [2.05, 4.69) is 15.6 Å². The largest absolute Gasteiger partial charge is 0.508 e. The van der Waals surface area contributed by atoms with Crippen molar-refractivity contribution < 1.29 is 53.4 Å². The first-order valence-corrected chi connectivity index (χ1v) is 22.8. The summed E-state index contributed by atoms with van der Waals surface area (Å²) in [6, 6.07) is 24.4. The standard InChI is InChI=1S/C48H50N4O11S2/c1-29-45(64-28-50-29)33-5-3-31(4-6-33)25-49-47(58)40-23-37(55)26-52(40)48(59)30(2)51-42(56)27-62-20-19-60-17-18-61-21-22-63-38-14-9-32(10-15-38)44(57)43-39-16-13-36(54)24-41(39)65-46(43)34-7-11-35(53)12-8-34/h3-16,24,28,30,37,40,53-55H,17-23,25-27H2,1-2H3,(H,49,58)(H,51,56)/t30-,37+,40-/m0/s1. The number of phenolic OH excluding ortho intramolecular Hbond substituents is 2. The zero-order valence-electron chi connectivity index (χ0n) is 35.9. The Morgan fingerprint density at radius 3 is 2.15 bits per heavy atom. The number of carbonyl (C=O) groups excluding carboxylic acids is 4. The number of carbonyl (C=O) groups is 4. The van der Waals surface area contributed by atoms with Crippen molar-refractivity contribution in [1.29, 1.82) is 0 Å². The number of aryl methyl sites for hydroxylation is 1. The molecule has 2 aromatic heterocycles. The number of aliphatic hydroxyl groups excluding tert-OH is 1. The smallest absolute Gasteiger partial charge is 0.246 e. The van der Waals surface area contributed by atoms with Crippen LogP contribution in [0.1, 0.15) is 40.5 Å². The molecular weight excluding hydrogens is 873 g/mol. The topological polar surface area (TPSA) is 206 Å². The van der Waals surface area contributed by atoms with Gasteiger partial charge >= 0.3 is 0 Å². The maximum absolute atomic E-state index is 13.8. The minimum atomic E-state index is -0.947. The number of amides is 3. The van der Waals surface area contributed by atoms with Gasteiger partial charge in [-0.05, 0) is 97.3 Å². The van der Waals surface area contributed by atoms with Crippen molar-refractivity contribution in [3.05, 3.63) is 119 Å². The van der Waals surface area contributed by atoms with Crippen LogP contribution in [0.25, 0.3) is 31.0 Å². The molecule has 1 saturated heterocycles. The third-order valence-electron chi connectivity index (χ3n) is 10.7. The van der Waals surface area contributed by atoms with Gasteiger partial charge in [0.2, 0.25) is 17.7 Å². The fraction of sp³-hybridized carbons (Fsp3) is 0.312. The lowest BCUT2D eigenvalue weighted by atomic mass is 9.97. The van der Waals surface area contributed by atoms with Gasteiger partial charge in [-0.2, -0.15) is 0 Å². The Balaban J connectivity index is 0.748. The number of phenols is 2. The molecule has 65 heavy (non-hydrogen) atoms. The van der Waals surface area contributed by atoms with Crippen LogP contribution >= 0.6 is 22.7 Å². The summed E-state index contributed by atoms with van der Waals surface area (Å²) in [6.07, 6.45) is -0.768. The molecule has 3 atom stereocenters. The lowest BCUT2D eigenvalue weighted by Gasteiger charge is -2.27. The fourth-order valence-electron chi connectivity index (χ4n) is 7.36. The summed E-state index contributed by atoms with van der Waals surface area (Å²) in [6.45, 7) is 4.93. The first-order chi connectivity index (χ1) is 31.4. The minimum Gasteiger partial charge on any atom is -0.508 e. The highest BCUT2D eigenvalue weighted by molar-refractivity contribution is 7.22. The summed E-state index contributed by atoms with van der Waals surface area (Å²) in [5.41, 5.74) is 6.46. The quantitative estimate of drug-likeness (QED) is 0.0426. The second-order valence-electron chi connectivity index (χ2n) is 15.4. The molecule has 4 aromatic carbocycles. The average molecular weight is 923 g/mol. The van der Waals surface area contributed by atoms with Gasteiger partial charge in [0.05, 0.1) is 55.2 Å². The van der Waals surface area contributed by atoms with Crippen molar-refractivity contribution in [1.82, 2.24) is 20.5 Å². The van der Waals surface area contributed by atoms with Crippen LogP contribution in [-0.2, 0) is 35.1 Å². The molecule has 6 aromatic rings. The van der Waals surface area contributed by atoms with Crippen molar-refractivity contribution in [2.45, 2.75) is 45.0 Å². The number of hydrogen-bond donors (Lipinski definition) is 5. The van der Waals surface area contributed by atoms with Crippen molar-refractivity contribution in [2.75, 3.05) is 52.8 Å². The number of likely N-dealkylation sites (tertiary alicyclic amines) is 1. The molecular formula is C48H50N4O11S2. The summed E-state index contributed by atoms with van der Waals surface area (Å²) in [4.78, 5) is 60.2. The molecule has 0 radical (unpaired) electrons. The summed E-state index contributed by atoms with van der Waals surface area (Å²) in [5.74, 6) is -0.745. The van der Waals surface area contributed by atoms with E-state index in [9.17, 15) is 34.5 Å². The van der Waals surface area contributed by atoms with Crippen molar-refractivity contribution >= 4 is 56.3 Å². The Morgan fingerprint density at radius 2 is 1.46 bits per heavy atom. The van der Waals surface area contributed by atoms with Crippen molar-refractivity contribution in [3.63, 3.8) is 0 Å². The number of nitrogens with one attached hydrogen (secondary N) is 2. The third-order valence-corrected chi connectivity index (χ3v) is 12.8. The van der Waals surface area contributed by atoms with Crippen LogP contribution in [-0.4, -0.2) is 120 Å². The molecule has 5 N–H and O–H groups in total. The predicted octanol–water partition coefficient (Wildman–Crippen LogP) is 5.85. The highest BCUT2D eigenvalue weighted by atomic mass is 32.1. The van der Waals surface area contributed by atoms with Gasteiger partial charge in [-0.1, -0.05) is 24.3 Å². The maximum Gasteiger partial charge on any atom is 0.246 e. The monoisotopic (exact) mass is 922 g/mol. The van der Waals surface area contributed by atoms with E-state index in [1.807, 2.05) is 31.2 Å². The molecule has 15 nitrogen and oxygen atoms in total. The number of thiazole rings is 1. The number of β-amino-alcohol motifs (C(OH)–C–C–N with tert-alkyl or cyclic N) is 1. The number of aromatic nitrogens is 1. The number of rotatable bonds is 21. The number of ketones is 1. The number of benzene rings is 4. The molecule has 1 aliphatic heterocycles. The van der Waals surface area contributed by atoms with Crippen molar-refractivity contribution in [2.24, 2.45) is 0 Å². The van der Waals surface area contributed by atoms with Gasteiger partial charge in [0.25, 0.3) is 0 Å². The summed E-state index contributed by atoms with van der Waals surface area (Å²) in [7, 11) is 0. The number of aliphatic hydroxyl groups is 1. The van der Waals surface area contributed by atoms with E-state index in [-0.39, 0.29) is 75.7 Å². The van der Waals surface area contributed by atoms with E-state index in [0.29, 0.717) is 30.1 Å². The SMILES string of the molecule is Cc1ncsc1-c1ccc(CNC(=O)[C@@H]2C[C@@H](O)CN2C(=O)[C@H](C)NC(=O)COCCOCCOCCOc2ccc(C(=O)c3c(-c4ccc(O)cc4)sc4cc(O)ccc34)cc2)cc1. The molecule has 17 heteroatoms. The van der Waals surface area contributed by atoms with Gasteiger partial charge in [-0.25, -0.2) is 4.98 Å². The van der Waals surface area contributed by atoms with Gasteiger partial charge in [0.15, 0.2) is 5.78 Å². The number of nitrogens with zero attached hydrogens (tertiary/aromatic N) is 2. The van der Waals surface area contributed by atoms with E-state index in [4.69, 9.17) is 18.9 Å². The second kappa shape index (κ2) is 22.1. The molecule has 3 heterocycles. The van der Waals surface area contributed by atoms with E-state index in [1.54, 1.807) is 83.6 Å². The molecule has 0 unspecified atom stereocenters. The van der Waals surface area contributed by atoms with Crippen LogP contribution in [0.2, 0.25) is 0 Å². The number of hydrogen-bond acceptors (Lipinski definition) is 14. The fourth-order valence-corrected chi connectivity index (χ4v) is 9.41. The number of thiophene rings is 1. The summed E-state index contributed by atoms with van der Waals surface area (Å²) < 4.78 is 23.1. The molecule has 0 bridgehead atoms. The normalized spacial score (nSPS) is 15.2. The molecule has 1 fully saturated rings. The molecule has 7 rings (SSSR count). The van der Waals surface area contributed by atoms with Crippen molar-refractivity contribution in [3.8, 4) is 38.1 Å². The van der Waals surface area contributed by atoms with Crippen LogP contribution < -0.4 is 15.4 Å². The lowest BCUT2D eigenvalue weighted by molar-refractivity contribution is -0.141. The van der Waals surface area contributed by atoms with E-state index in [1.165, 1.54) is 23.2 Å². The molecule has 0 aliphatic carbocycles. The van der Waals surface area contributed by atoms with Gasteiger partial charge < -0.3 is 49.8 Å². The summed E-state index contributed by atoms with van der Waals surface area (Å²) in [5, 5.41) is 36.4. The van der Waals surface area contributed by atoms with Crippen LogP contribution in [0, 0.1) is 6.92 Å².